The van der Waals surface area contributed by atoms with Gasteiger partial charge in [-0.1, -0.05) is 184 Å². The van der Waals surface area contributed by atoms with Crippen LogP contribution in [0.3, 0.4) is 0 Å². The lowest BCUT2D eigenvalue weighted by Gasteiger charge is -2.36. The van der Waals surface area contributed by atoms with E-state index in [0.29, 0.717) is 5.92 Å². The first-order valence-corrected chi connectivity index (χ1v) is 22.6. The van der Waals surface area contributed by atoms with E-state index < -0.39 is 0 Å². The van der Waals surface area contributed by atoms with E-state index in [2.05, 4.69) is 244 Å². The summed E-state index contributed by atoms with van der Waals surface area (Å²) in [6, 6.07) is 63.5. The van der Waals surface area contributed by atoms with Crippen molar-refractivity contribution in [3.8, 4) is 22.3 Å². The zero-order valence-electron chi connectivity index (χ0n) is 36.6. The molecule has 2 aliphatic carbocycles. The van der Waals surface area contributed by atoms with Crippen LogP contribution in [0.15, 0.2) is 194 Å². The van der Waals surface area contributed by atoms with Crippen molar-refractivity contribution in [2.75, 3.05) is 9.80 Å². The smallest absolute Gasteiger partial charge is 0.0588 e. The number of rotatable bonds is 7. The van der Waals surface area contributed by atoms with Crippen molar-refractivity contribution in [2.24, 2.45) is 5.92 Å². The van der Waals surface area contributed by atoms with Crippen LogP contribution in [0.1, 0.15) is 59.2 Å². The predicted octanol–water partition coefficient (Wildman–Crippen LogP) is 16.3. The summed E-state index contributed by atoms with van der Waals surface area (Å²) in [4.78, 5) is 5.04. The van der Waals surface area contributed by atoms with Crippen molar-refractivity contribution in [3.05, 3.63) is 233 Å². The molecule has 11 rings (SSSR count). The highest BCUT2D eigenvalue weighted by molar-refractivity contribution is 6.05. The van der Waals surface area contributed by atoms with E-state index in [1.54, 1.807) is 0 Å². The third-order valence-electron chi connectivity index (χ3n) is 14.0. The van der Waals surface area contributed by atoms with Gasteiger partial charge in [-0.2, -0.15) is 0 Å². The van der Waals surface area contributed by atoms with Crippen molar-refractivity contribution in [1.82, 2.24) is 0 Å². The predicted molar refractivity (Wildman–Crippen MR) is 269 cm³/mol. The molecule has 0 bridgehead atoms. The molecule has 2 atom stereocenters. The van der Waals surface area contributed by atoms with Crippen LogP contribution >= 0.6 is 0 Å². The molecule has 0 spiro atoms. The minimum atomic E-state index is -0.157. The van der Waals surface area contributed by atoms with Crippen molar-refractivity contribution in [1.29, 1.82) is 0 Å². The summed E-state index contributed by atoms with van der Waals surface area (Å²) in [6.45, 7) is 9.16. The first kappa shape index (κ1) is 38.7. The first-order chi connectivity index (χ1) is 30.8. The molecule has 8 aromatic rings. The molecule has 0 N–H and O–H groups in total. The minimum Gasteiger partial charge on any atom is -0.333 e. The van der Waals surface area contributed by atoms with E-state index in [-0.39, 0.29) is 11.5 Å². The van der Waals surface area contributed by atoms with Gasteiger partial charge >= 0.3 is 0 Å². The lowest BCUT2D eigenvalue weighted by Crippen LogP contribution is -2.35. The van der Waals surface area contributed by atoms with Crippen LogP contribution < -0.4 is 9.80 Å². The molecule has 8 aromatic carbocycles. The molecule has 1 aliphatic heterocycles. The Morgan fingerprint density at radius 1 is 0.540 bits per heavy atom. The van der Waals surface area contributed by atoms with E-state index in [4.69, 9.17) is 0 Å². The van der Waals surface area contributed by atoms with Gasteiger partial charge in [-0.25, -0.2) is 0 Å². The summed E-state index contributed by atoms with van der Waals surface area (Å²) >= 11 is 0. The summed E-state index contributed by atoms with van der Waals surface area (Å²) in [7, 11) is 0. The van der Waals surface area contributed by atoms with Crippen molar-refractivity contribution in [3.63, 3.8) is 0 Å². The Morgan fingerprint density at radius 3 is 1.90 bits per heavy atom. The van der Waals surface area contributed by atoms with Gasteiger partial charge in [-0.05, 0) is 130 Å². The quantitative estimate of drug-likeness (QED) is 0.148. The molecule has 0 saturated heterocycles. The highest BCUT2D eigenvalue weighted by Gasteiger charge is 2.36. The maximum absolute atomic E-state index is 2.61. The van der Waals surface area contributed by atoms with Gasteiger partial charge < -0.3 is 9.80 Å². The second-order valence-electron chi connectivity index (χ2n) is 18.2. The average Bonchev–Trinajstić information content (AvgIpc) is 3.42. The van der Waals surface area contributed by atoms with Gasteiger partial charge in [0, 0.05) is 45.2 Å². The number of para-hydroxylation sites is 3. The topological polar surface area (TPSA) is 6.48 Å². The second kappa shape index (κ2) is 15.6. The molecule has 0 fully saturated rings. The largest absolute Gasteiger partial charge is 0.333 e. The number of anilines is 5. The van der Waals surface area contributed by atoms with Crippen LogP contribution in [0.25, 0.3) is 45.2 Å². The number of nitrogens with zero attached hydrogens (tertiary/aromatic N) is 2. The zero-order valence-corrected chi connectivity index (χ0v) is 36.6. The monoisotopic (exact) mass is 812 g/mol. The Kier molecular flexibility index (Phi) is 9.61. The zero-order chi connectivity index (χ0) is 42.7. The lowest BCUT2D eigenvalue weighted by molar-refractivity contribution is 0.535. The van der Waals surface area contributed by atoms with Gasteiger partial charge in [-0.15, -0.1) is 0 Å². The van der Waals surface area contributed by atoms with E-state index in [1.807, 2.05) is 0 Å². The SMILES string of the molecule is Cc1ccccc1N(c1ccc2c(c1)C(C)(C)c1cc(/C=C/c3ccc(-c4ccc(N5c6ccccc6CCC6C=CC=CC65)c5ccccc45)cc3)ccc1-2)c1ccccc1C. The summed E-state index contributed by atoms with van der Waals surface area (Å²) < 4.78 is 0. The summed E-state index contributed by atoms with van der Waals surface area (Å²) in [5.41, 5.74) is 20.2. The van der Waals surface area contributed by atoms with Crippen molar-refractivity contribution in [2.45, 2.75) is 52.0 Å². The fraction of sp³-hybridized carbons (Fsp3) is 0.148. The first-order valence-electron chi connectivity index (χ1n) is 22.6. The number of hydrogen-bond donors (Lipinski definition) is 0. The Hall–Kier alpha value is -7.16. The molecule has 2 heteroatoms. The Bertz CT molecular complexity index is 3100. The number of aryl methyl sites for hydroxylation is 3. The number of fused-ring (bicyclic) bond motifs is 6. The Morgan fingerprint density at radius 2 is 1.14 bits per heavy atom. The lowest BCUT2D eigenvalue weighted by atomic mass is 9.81. The number of benzene rings is 8. The van der Waals surface area contributed by atoms with Crippen LogP contribution in [0.2, 0.25) is 0 Å². The van der Waals surface area contributed by atoms with E-state index in [0.717, 1.165) is 12.8 Å². The van der Waals surface area contributed by atoms with Gasteiger partial charge in [0.2, 0.25) is 0 Å². The van der Waals surface area contributed by atoms with Crippen LogP contribution in [-0.4, -0.2) is 6.04 Å². The van der Waals surface area contributed by atoms with Gasteiger partial charge in [0.05, 0.1) is 6.04 Å². The standard InChI is InChI=1S/C61H52N2/c1-41-15-5-11-21-56(41)62(57-22-12-6-16-42(57)2)48-34-36-52-51-35-29-44(39-54(51)61(3,4)55(52)40-48)26-25-43-27-30-45(31-28-43)49-37-38-60(53-20-10-9-19-50(49)53)63-58-23-13-7-17-46(58)32-33-47-18-8-14-24-59(47)63/h5-31,34-40,46,58H,32-33H2,1-4H3/b26-25+. The number of allylic oxidation sites excluding steroid dienone is 2. The van der Waals surface area contributed by atoms with Gasteiger partial charge in [0.25, 0.3) is 0 Å². The Balaban J connectivity index is 0.878. The highest BCUT2D eigenvalue weighted by atomic mass is 15.2. The molecule has 0 amide bonds. The van der Waals surface area contributed by atoms with E-state index >= 15 is 0 Å². The third kappa shape index (κ3) is 6.73. The third-order valence-corrected chi connectivity index (χ3v) is 14.0. The van der Waals surface area contributed by atoms with Crippen LogP contribution in [-0.2, 0) is 11.8 Å². The minimum absolute atomic E-state index is 0.157. The molecule has 2 unspecified atom stereocenters. The second-order valence-corrected chi connectivity index (χ2v) is 18.2. The fourth-order valence-corrected chi connectivity index (χ4v) is 10.6. The van der Waals surface area contributed by atoms with Crippen molar-refractivity contribution < 1.29 is 0 Å². The van der Waals surface area contributed by atoms with Crippen LogP contribution in [0, 0.1) is 19.8 Å². The van der Waals surface area contributed by atoms with Gasteiger partial charge in [0.1, 0.15) is 0 Å². The van der Waals surface area contributed by atoms with Crippen LogP contribution in [0.4, 0.5) is 28.4 Å². The van der Waals surface area contributed by atoms with Gasteiger partial charge in [0.15, 0.2) is 0 Å². The molecule has 3 aliphatic rings. The molecule has 63 heavy (non-hydrogen) atoms. The summed E-state index contributed by atoms with van der Waals surface area (Å²) in [6.07, 6.45) is 16.0. The molecular formula is C61H52N2. The Labute approximate surface area is 372 Å². The summed E-state index contributed by atoms with van der Waals surface area (Å²) in [5.74, 6) is 0.472. The maximum Gasteiger partial charge on any atom is 0.0588 e. The molecular weight excluding hydrogens is 761 g/mol. The molecule has 0 aromatic heterocycles. The molecule has 1 heterocycles. The average molecular weight is 813 g/mol. The summed E-state index contributed by atoms with van der Waals surface area (Å²) in [5, 5.41) is 2.56. The van der Waals surface area contributed by atoms with Gasteiger partial charge in [-0.3, -0.25) is 0 Å². The van der Waals surface area contributed by atoms with E-state index in [9.17, 15) is 0 Å². The maximum atomic E-state index is 2.61. The molecule has 0 radical (unpaired) electrons. The van der Waals surface area contributed by atoms with Crippen LogP contribution in [0.5, 0.6) is 0 Å². The highest BCUT2D eigenvalue weighted by Crippen LogP contribution is 2.52. The number of hydrogen-bond acceptors (Lipinski definition) is 2. The molecule has 2 nitrogen and oxygen atoms in total. The molecule has 0 saturated carbocycles. The van der Waals surface area contributed by atoms with E-state index in [1.165, 1.54) is 100 Å². The fourth-order valence-electron chi connectivity index (χ4n) is 10.6. The molecule has 306 valence electrons. The normalized spacial score (nSPS) is 17.0. The van der Waals surface area contributed by atoms with Crippen molar-refractivity contribution >= 4 is 51.4 Å².